The summed E-state index contributed by atoms with van der Waals surface area (Å²) in [6.45, 7) is 2.53. The Morgan fingerprint density at radius 3 is 2.95 bits per heavy atom. The standard InChI is InChI=1S/C15H23N5O/c1-19-14-13(10-18-19)15(21)20(11-17-14)8-7-16-9-12-5-3-2-4-6-12/h10-12,16H,2-9H2,1H3. The molecule has 2 heterocycles. The molecule has 1 aliphatic carbocycles. The summed E-state index contributed by atoms with van der Waals surface area (Å²) < 4.78 is 3.29. The zero-order valence-corrected chi connectivity index (χ0v) is 12.6. The van der Waals surface area contributed by atoms with Crippen molar-refractivity contribution in [2.24, 2.45) is 13.0 Å². The van der Waals surface area contributed by atoms with Crippen LogP contribution in [0.25, 0.3) is 11.0 Å². The van der Waals surface area contributed by atoms with Gasteiger partial charge in [0, 0.05) is 20.1 Å². The van der Waals surface area contributed by atoms with Gasteiger partial charge in [0.25, 0.3) is 5.56 Å². The monoisotopic (exact) mass is 289 g/mol. The predicted molar refractivity (Wildman–Crippen MR) is 82.2 cm³/mol. The van der Waals surface area contributed by atoms with Crippen LogP contribution < -0.4 is 10.9 Å². The first-order valence-electron chi connectivity index (χ1n) is 7.83. The van der Waals surface area contributed by atoms with Gasteiger partial charge in [0.05, 0.1) is 6.20 Å². The summed E-state index contributed by atoms with van der Waals surface area (Å²) in [5.74, 6) is 0.814. The third-order valence-corrected chi connectivity index (χ3v) is 4.41. The normalized spacial score (nSPS) is 16.6. The highest BCUT2D eigenvalue weighted by molar-refractivity contribution is 5.72. The number of aryl methyl sites for hydroxylation is 1. The minimum absolute atomic E-state index is 0.00688. The van der Waals surface area contributed by atoms with E-state index in [9.17, 15) is 4.79 Å². The highest BCUT2D eigenvalue weighted by Gasteiger charge is 2.12. The SMILES string of the molecule is Cn1ncc2c(=O)n(CCNCC3CCCCC3)cnc21. The van der Waals surface area contributed by atoms with Crippen molar-refractivity contribution in [3.05, 3.63) is 22.9 Å². The van der Waals surface area contributed by atoms with Gasteiger partial charge in [0.15, 0.2) is 5.65 Å². The number of hydrogen-bond donors (Lipinski definition) is 1. The molecule has 0 amide bonds. The molecule has 1 fully saturated rings. The van der Waals surface area contributed by atoms with Crippen LogP contribution in [0.2, 0.25) is 0 Å². The summed E-state index contributed by atoms with van der Waals surface area (Å²) in [6.07, 6.45) is 10.0. The molecule has 0 saturated heterocycles. The molecule has 0 spiro atoms. The van der Waals surface area contributed by atoms with E-state index in [1.807, 2.05) is 0 Å². The smallest absolute Gasteiger partial charge is 0.264 e. The topological polar surface area (TPSA) is 64.7 Å². The lowest BCUT2D eigenvalue weighted by molar-refractivity contribution is 0.340. The molecule has 0 atom stereocenters. The van der Waals surface area contributed by atoms with Crippen molar-refractivity contribution in [3.63, 3.8) is 0 Å². The van der Waals surface area contributed by atoms with Crippen LogP contribution in [0.1, 0.15) is 32.1 Å². The summed E-state index contributed by atoms with van der Waals surface area (Å²) in [7, 11) is 1.80. The number of fused-ring (bicyclic) bond motifs is 1. The summed E-state index contributed by atoms with van der Waals surface area (Å²) in [5, 5.41) is 8.15. The van der Waals surface area contributed by atoms with Crippen LogP contribution in [-0.4, -0.2) is 32.4 Å². The second-order valence-electron chi connectivity index (χ2n) is 5.96. The van der Waals surface area contributed by atoms with Gasteiger partial charge in [-0.25, -0.2) is 4.98 Å². The van der Waals surface area contributed by atoms with Gasteiger partial charge >= 0.3 is 0 Å². The fraction of sp³-hybridized carbons (Fsp3) is 0.667. The Bertz CT molecular complexity index is 654. The molecule has 1 aliphatic rings. The predicted octanol–water partition coefficient (Wildman–Crippen LogP) is 1.30. The van der Waals surface area contributed by atoms with Gasteiger partial charge in [0.2, 0.25) is 0 Å². The fourth-order valence-corrected chi connectivity index (χ4v) is 3.12. The van der Waals surface area contributed by atoms with Crippen molar-refractivity contribution in [3.8, 4) is 0 Å². The van der Waals surface area contributed by atoms with E-state index in [1.54, 1.807) is 28.8 Å². The van der Waals surface area contributed by atoms with E-state index >= 15 is 0 Å². The lowest BCUT2D eigenvalue weighted by Gasteiger charge is -2.21. The average molecular weight is 289 g/mol. The molecule has 6 nitrogen and oxygen atoms in total. The van der Waals surface area contributed by atoms with Gasteiger partial charge in [0.1, 0.15) is 11.7 Å². The largest absolute Gasteiger partial charge is 0.315 e. The number of hydrogen-bond acceptors (Lipinski definition) is 4. The second kappa shape index (κ2) is 6.39. The number of nitrogens with one attached hydrogen (secondary N) is 1. The molecule has 6 heteroatoms. The highest BCUT2D eigenvalue weighted by atomic mass is 16.1. The van der Waals surface area contributed by atoms with Crippen molar-refractivity contribution in [2.75, 3.05) is 13.1 Å². The minimum atomic E-state index is -0.00688. The van der Waals surface area contributed by atoms with Crippen molar-refractivity contribution in [1.82, 2.24) is 24.6 Å². The van der Waals surface area contributed by atoms with Gasteiger partial charge in [-0.05, 0) is 25.3 Å². The molecule has 3 rings (SSSR count). The third kappa shape index (κ3) is 3.15. The molecule has 1 saturated carbocycles. The van der Waals surface area contributed by atoms with E-state index in [2.05, 4.69) is 15.4 Å². The van der Waals surface area contributed by atoms with Gasteiger partial charge in [-0.15, -0.1) is 0 Å². The molecule has 0 radical (unpaired) electrons. The molecule has 21 heavy (non-hydrogen) atoms. The van der Waals surface area contributed by atoms with E-state index in [0.29, 0.717) is 17.6 Å². The van der Waals surface area contributed by atoms with E-state index in [4.69, 9.17) is 0 Å². The minimum Gasteiger partial charge on any atom is -0.315 e. The van der Waals surface area contributed by atoms with Crippen molar-refractivity contribution < 1.29 is 0 Å². The molecule has 0 aromatic carbocycles. The second-order valence-corrected chi connectivity index (χ2v) is 5.96. The molecular weight excluding hydrogens is 266 g/mol. The number of rotatable bonds is 5. The first kappa shape index (κ1) is 14.3. The van der Waals surface area contributed by atoms with E-state index in [1.165, 1.54) is 32.1 Å². The van der Waals surface area contributed by atoms with E-state index in [-0.39, 0.29) is 5.56 Å². The molecule has 0 bridgehead atoms. The van der Waals surface area contributed by atoms with Crippen LogP contribution in [-0.2, 0) is 13.6 Å². The Morgan fingerprint density at radius 2 is 2.14 bits per heavy atom. The maximum absolute atomic E-state index is 12.3. The lowest BCUT2D eigenvalue weighted by Crippen LogP contribution is -2.30. The zero-order valence-electron chi connectivity index (χ0n) is 12.6. The first-order chi connectivity index (χ1) is 10.3. The Balaban J connectivity index is 1.55. The van der Waals surface area contributed by atoms with E-state index in [0.717, 1.165) is 19.0 Å². The molecular formula is C15H23N5O. The maximum Gasteiger partial charge on any atom is 0.264 e. The highest BCUT2D eigenvalue weighted by Crippen LogP contribution is 2.22. The van der Waals surface area contributed by atoms with Gasteiger partial charge < -0.3 is 5.32 Å². The third-order valence-electron chi connectivity index (χ3n) is 4.41. The van der Waals surface area contributed by atoms with Crippen LogP contribution in [0.3, 0.4) is 0 Å². The molecule has 2 aromatic rings. The van der Waals surface area contributed by atoms with Crippen LogP contribution in [0.15, 0.2) is 17.3 Å². The summed E-state index contributed by atoms with van der Waals surface area (Å²) in [4.78, 5) is 16.6. The van der Waals surface area contributed by atoms with Gasteiger partial charge in [-0.3, -0.25) is 14.0 Å². The fourth-order valence-electron chi connectivity index (χ4n) is 3.12. The van der Waals surface area contributed by atoms with Crippen molar-refractivity contribution in [1.29, 1.82) is 0 Å². The quantitative estimate of drug-likeness (QED) is 0.843. The Kier molecular flexibility index (Phi) is 4.34. The average Bonchev–Trinajstić information content (AvgIpc) is 2.89. The molecule has 1 N–H and O–H groups in total. The van der Waals surface area contributed by atoms with Crippen molar-refractivity contribution in [2.45, 2.75) is 38.6 Å². The van der Waals surface area contributed by atoms with Crippen LogP contribution in [0.5, 0.6) is 0 Å². The maximum atomic E-state index is 12.3. The number of nitrogens with zero attached hydrogens (tertiary/aromatic N) is 4. The summed E-state index contributed by atoms with van der Waals surface area (Å²) in [5.41, 5.74) is 0.638. The molecule has 2 aromatic heterocycles. The Labute approximate surface area is 124 Å². The zero-order chi connectivity index (χ0) is 14.7. The van der Waals surface area contributed by atoms with Gasteiger partial charge in [-0.2, -0.15) is 5.10 Å². The summed E-state index contributed by atoms with van der Waals surface area (Å²) >= 11 is 0. The molecule has 114 valence electrons. The van der Waals surface area contributed by atoms with Crippen LogP contribution >= 0.6 is 0 Å². The number of aromatic nitrogens is 4. The van der Waals surface area contributed by atoms with Crippen LogP contribution in [0, 0.1) is 5.92 Å². The van der Waals surface area contributed by atoms with Crippen LogP contribution in [0.4, 0.5) is 0 Å². The van der Waals surface area contributed by atoms with Gasteiger partial charge in [-0.1, -0.05) is 19.3 Å². The summed E-state index contributed by atoms with van der Waals surface area (Å²) in [6, 6.07) is 0. The van der Waals surface area contributed by atoms with E-state index < -0.39 is 0 Å². The Hall–Kier alpha value is -1.69. The molecule has 0 unspecified atom stereocenters. The Morgan fingerprint density at radius 1 is 1.33 bits per heavy atom. The van der Waals surface area contributed by atoms with Crippen molar-refractivity contribution >= 4 is 11.0 Å². The lowest BCUT2D eigenvalue weighted by atomic mass is 9.89. The first-order valence-corrected chi connectivity index (χ1v) is 7.83. The molecule has 0 aliphatic heterocycles.